The molecule has 0 aromatic carbocycles. The zero-order valence-electron chi connectivity index (χ0n) is 8.19. The third-order valence-electron chi connectivity index (χ3n) is 1.70. The van der Waals surface area contributed by atoms with E-state index in [0.717, 1.165) is 0 Å². The van der Waals surface area contributed by atoms with Crippen LogP contribution in [0.3, 0.4) is 0 Å². The summed E-state index contributed by atoms with van der Waals surface area (Å²) in [4.78, 5) is 21.6. The fraction of sp³-hybridized carbons (Fsp3) is 0.750. The molecule has 82 valence electrons. The van der Waals surface area contributed by atoms with E-state index in [2.05, 4.69) is 5.32 Å². The number of rotatable bonds is 6. The summed E-state index contributed by atoms with van der Waals surface area (Å²) in [5, 5.41) is 19.7. The van der Waals surface area contributed by atoms with Crippen molar-refractivity contribution in [2.75, 3.05) is 20.3 Å². The summed E-state index contributed by atoms with van der Waals surface area (Å²) in [5.74, 6) is -2.95. The maximum absolute atomic E-state index is 11.2. The normalized spacial score (nSPS) is 14.5. The fourth-order valence-electron chi connectivity index (χ4n) is 0.780. The van der Waals surface area contributed by atoms with Crippen LogP contribution in [0.25, 0.3) is 0 Å². The Morgan fingerprint density at radius 3 is 2.43 bits per heavy atom. The number of aliphatic hydroxyl groups is 1. The number of amides is 1. The summed E-state index contributed by atoms with van der Waals surface area (Å²) < 4.78 is 4.71. The summed E-state index contributed by atoms with van der Waals surface area (Å²) in [5.41, 5.74) is 0. The number of hydrogen-bond donors (Lipinski definition) is 3. The maximum Gasteiger partial charge on any atom is 0.315 e. The van der Waals surface area contributed by atoms with Gasteiger partial charge in [-0.3, -0.25) is 9.59 Å². The summed E-state index contributed by atoms with van der Waals surface area (Å²) in [6.07, 6.45) is 0. The van der Waals surface area contributed by atoms with Crippen molar-refractivity contribution < 1.29 is 24.5 Å². The Kier molecular flexibility index (Phi) is 5.82. The van der Waals surface area contributed by atoms with Gasteiger partial charge >= 0.3 is 5.97 Å². The van der Waals surface area contributed by atoms with Gasteiger partial charge in [-0.2, -0.15) is 0 Å². The van der Waals surface area contributed by atoms with Crippen molar-refractivity contribution >= 4 is 11.9 Å². The first kappa shape index (κ1) is 12.9. The maximum atomic E-state index is 11.2. The average molecular weight is 205 g/mol. The predicted molar refractivity (Wildman–Crippen MR) is 47.7 cm³/mol. The number of carboxylic acid groups (broad SMARTS) is 1. The van der Waals surface area contributed by atoms with Gasteiger partial charge in [0.1, 0.15) is 5.92 Å². The predicted octanol–water partition coefficient (Wildman–Crippen LogP) is -1.17. The van der Waals surface area contributed by atoms with Crippen molar-refractivity contribution in [1.82, 2.24) is 5.32 Å². The van der Waals surface area contributed by atoms with Crippen LogP contribution in [0.15, 0.2) is 0 Å². The molecule has 14 heavy (non-hydrogen) atoms. The molecule has 0 rings (SSSR count). The van der Waals surface area contributed by atoms with E-state index in [4.69, 9.17) is 14.9 Å². The SMILES string of the molecule is COCC(CO)NC(=O)C(C)C(=O)O. The van der Waals surface area contributed by atoms with Crippen LogP contribution < -0.4 is 5.32 Å². The molecular formula is C8H15NO5. The van der Waals surface area contributed by atoms with Gasteiger partial charge in [-0.05, 0) is 6.92 Å². The molecule has 3 N–H and O–H groups in total. The van der Waals surface area contributed by atoms with E-state index in [9.17, 15) is 9.59 Å². The van der Waals surface area contributed by atoms with Gasteiger partial charge < -0.3 is 20.3 Å². The van der Waals surface area contributed by atoms with Crippen molar-refractivity contribution in [3.63, 3.8) is 0 Å². The van der Waals surface area contributed by atoms with Crippen molar-refractivity contribution in [1.29, 1.82) is 0 Å². The molecule has 0 saturated heterocycles. The lowest BCUT2D eigenvalue weighted by atomic mass is 10.1. The molecule has 2 atom stereocenters. The Balaban J connectivity index is 4.08. The molecule has 0 bridgehead atoms. The van der Waals surface area contributed by atoms with Crippen molar-refractivity contribution in [3.05, 3.63) is 0 Å². The Bertz CT molecular complexity index is 206. The van der Waals surface area contributed by atoms with Crippen LogP contribution in [-0.2, 0) is 14.3 Å². The van der Waals surface area contributed by atoms with Crippen LogP contribution in [0, 0.1) is 5.92 Å². The Hall–Kier alpha value is -1.14. The van der Waals surface area contributed by atoms with Gasteiger partial charge in [0.05, 0.1) is 19.3 Å². The van der Waals surface area contributed by atoms with Gasteiger partial charge in [-0.1, -0.05) is 0 Å². The number of nitrogens with one attached hydrogen (secondary N) is 1. The molecule has 6 nitrogen and oxygen atoms in total. The van der Waals surface area contributed by atoms with E-state index in [1.165, 1.54) is 14.0 Å². The van der Waals surface area contributed by atoms with Crippen LogP contribution >= 0.6 is 0 Å². The number of aliphatic hydroxyl groups excluding tert-OH is 1. The Morgan fingerprint density at radius 2 is 2.07 bits per heavy atom. The van der Waals surface area contributed by atoms with Crippen LogP contribution in [0.4, 0.5) is 0 Å². The monoisotopic (exact) mass is 205 g/mol. The van der Waals surface area contributed by atoms with Gasteiger partial charge in [-0.25, -0.2) is 0 Å². The summed E-state index contributed by atoms with van der Waals surface area (Å²) in [6.45, 7) is 1.14. The van der Waals surface area contributed by atoms with Gasteiger partial charge in [0.15, 0.2) is 0 Å². The lowest BCUT2D eigenvalue weighted by Gasteiger charge is -2.16. The van der Waals surface area contributed by atoms with E-state index in [1.54, 1.807) is 0 Å². The van der Waals surface area contributed by atoms with Crippen LogP contribution in [0.5, 0.6) is 0 Å². The van der Waals surface area contributed by atoms with Crippen LogP contribution in [-0.4, -0.2) is 48.5 Å². The van der Waals surface area contributed by atoms with E-state index in [0.29, 0.717) is 0 Å². The molecule has 1 amide bonds. The minimum atomic E-state index is -1.20. The zero-order valence-corrected chi connectivity index (χ0v) is 8.19. The summed E-state index contributed by atoms with van der Waals surface area (Å²) in [7, 11) is 1.43. The van der Waals surface area contributed by atoms with Gasteiger partial charge in [-0.15, -0.1) is 0 Å². The first-order valence-corrected chi connectivity index (χ1v) is 4.15. The Labute approximate surface area is 81.9 Å². The first-order valence-electron chi connectivity index (χ1n) is 4.15. The van der Waals surface area contributed by atoms with Crippen LogP contribution in [0.2, 0.25) is 0 Å². The molecule has 0 aromatic heterocycles. The highest BCUT2D eigenvalue weighted by Crippen LogP contribution is 1.96. The minimum Gasteiger partial charge on any atom is -0.481 e. The van der Waals surface area contributed by atoms with E-state index in [-0.39, 0.29) is 13.2 Å². The number of ether oxygens (including phenoxy) is 1. The molecule has 0 aromatic rings. The lowest BCUT2D eigenvalue weighted by molar-refractivity contribution is -0.146. The Morgan fingerprint density at radius 1 is 1.50 bits per heavy atom. The smallest absolute Gasteiger partial charge is 0.315 e. The summed E-state index contributed by atoms with van der Waals surface area (Å²) in [6, 6.07) is -0.561. The third-order valence-corrected chi connectivity index (χ3v) is 1.70. The molecule has 0 saturated carbocycles. The molecule has 0 heterocycles. The van der Waals surface area contributed by atoms with E-state index >= 15 is 0 Å². The largest absolute Gasteiger partial charge is 0.481 e. The van der Waals surface area contributed by atoms with Gasteiger partial charge in [0.25, 0.3) is 0 Å². The molecule has 0 aliphatic carbocycles. The number of hydrogen-bond acceptors (Lipinski definition) is 4. The second-order valence-corrected chi connectivity index (χ2v) is 2.90. The highest BCUT2D eigenvalue weighted by molar-refractivity contribution is 5.96. The van der Waals surface area contributed by atoms with Crippen molar-refractivity contribution in [3.8, 4) is 0 Å². The molecular weight excluding hydrogens is 190 g/mol. The standard InChI is InChI=1S/C8H15NO5/c1-5(8(12)13)7(11)9-6(3-10)4-14-2/h5-6,10H,3-4H2,1-2H3,(H,9,11)(H,12,13). The molecule has 2 unspecified atom stereocenters. The molecule has 0 aliphatic heterocycles. The number of carboxylic acids is 1. The molecule has 0 spiro atoms. The zero-order chi connectivity index (χ0) is 11.1. The molecule has 6 heteroatoms. The highest BCUT2D eigenvalue weighted by atomic mass is 16.5. The summed E-state index contributed by atoms with van der Waals surface area (Å²) >= 11 is 0. The van der Waals surface area contributed by atoms with Crippen LogP contribution in [0.1, 0.15) is 6.92 Å². The minimum absolute atomic E-state index is 0.147. The lowest BCUT2D eigenvalue weighted by Crippen LogP contribution is -2.44. The van der Waals surface area contributed by atoms with E-state index in [1.807, 2.05) is 0 Å². The van der Waals surface area contributed by atoms with E-state index < -0.39 is 23.8 Å². The highest BCUT2D eigenvalue weighted by Gasteiger charge is 2.22. The topological polar surface area (TPSA) is 95.9 Å². The molecule has 0 fully saturated rings. The molecule has 0 radical (unpaired) electrons. The second-order valence-electron chi connectivity index (χ2n) is 2.90. The number of aliphatic carboxylic acids is 1. The quantitative estimate of drug-likeness (QED) is 0.475. The second kappa shape index (κ2) is 6.33. The fourth-order valence-corrected chi connectivity index (χ4v) is 0.780. The first-order chi connectivity index (χ1) is 6.52. The molecule has 0 aliphatic rings. The van der Waals surface area contributed by atoms with Gasteiger partial charge in [0, 0.05) is 7.11 Å². The third kappa shape index (κ3) is 4.20. The van der Waals surface area contributed by atoms with Crippen molar-refractivity contribution in [2.24, 2.45) is 5.92 Å². The number of methoxy groups -OCH3 is 1. The average Bonchev–Trinajstić information content (AvgIpc) is 2.15. The number of carbonyl (C=O) groups is 2. The van der Waals surface area contributed by atoms with Gasteiger partial charge in [0.2, 0.25) is 5.91 Å². The number of carbonyl (C=O) groups excluding carboxylic acids is 1. The van der Waals surface area contributed by atoms with Crippen molar-refractivity contribution in [2.45, 2.75) is 13.0 Å².